The van der Waals surface area contributed by atoms with E-state index in [2.05, 4.69) is 245 Å². The summed E-state index contributed by atoms with van der Waals surface area (Å²) >= 11 is 0. The van der Waals surface area contributed by atoms with E-state index in [1.807, 2.05) is 0 Å². The Morgan fingerprint density at radius 1 is 0.211 bits per heavy atom. The Balaban J connectivity index is 1.06. The zero-order valence-corrected chi connectivity index (χ0v) is 31.2. The number of fused-ring (bicyclic) bond motifs is 6. The molecule has 9 aromatic carbocycles. The fourth-order valence-electron chi connectivity index (χ4n) is 7.99. The average Bonchev–Trinajstić information content (AvgIpc) is 3.29. The van der Waals surface area contributed by atoms with Crippen LogP contribution in [0, 0.1) is 0 Å². The van der Waals surface area contributed by atoms with Gasteiger partial charge in [0, 0.05) is 56.3 Å². The number of benzene rings is 9. The quantitative estimate of drug-likeness (QED) is 0.138. The van der Waals surface area contributed by atoms with Crippen LogP contribution in [0.3, 0.4) is 0 Å². The maximum absolute atomic E-state index is 5.44. The van der Waals surface area contributed by atoms with Crippen LogP contribution in [0.25, 0.3) is 32.4 Å². The highest BCUT2D eigenvalue weighted by atomic mass is 15.2. The van der Waals surface area contributed by atoms with Crippen molar-refractivity contribution >= 4 is 83.8 Å². The SMILES string of the molecule is c1ccc(N(c2ccccc2)c2ccc(N(c3ccccc3)c3ccc(N(c4ccccc4)c4ccc5c6ccccc6c6ccccc6c5n4)cc3)cc2)cc1. The van der Waals surface area contributed by atoms with Crippen molar-refractivity contribution in [1.29, 1.82) is 0 Å². The molecular weight excluding hydrogens is 693 g/mol. The van der Waals surface area contributed by atoms with Crippen LogP contribution in [0.2, 0.25) is 0 Å². The molecule has 4 nitrogen and oxygen atoms in total. The first kappa shape index (κ1) is 33.8. The number of rotatable bonds is 9. The molecule has 0 aliphatic rings. The smallest absolute Gasteiger partial charge is 0.138 e. The molecule has 270 valence electrons. The second kappa shape index (κ2) is 14.9. The highest BCUT2D eigenvalue weighted by molar-refractivity contribution is 6.24. The summed E-state index contributed by atoms with van der Waals surface area (Å²) in [4.78, 5) is 12.3. The Hall–Kier alpha value is -7.69. The minimum absolute atomic E-state index is 0.860. The van der Waals surface area contributed by atoms with Crippen molar-refractivity contribution in [2.75, 3.05) is 14.7 Å². The van der Waals surface area contributed by atoms with Crippen LogP contribution in [-0.4, -0.2) is 4.98 Å². The number of hydrogen-bond acceptors (Lipinski definition) is 4. The Morgan fingerprint density at radius 3 is 0.860 bits per heavy atom. The lowest BCUT2D eigenvalue weighted by molar-refractivity contribution is 1.20. The number of pyridine rings is 1. The second-order valence-electron chi connectivity index (χ2n) is 14.0. The molecule has 1 aromatic heterocycles. The lowest BCUT2D eigenvalue weighted by Gasteiger charge is -2.29. The molecule has 0 radical (unpaired) electrons. The molecule has 10 aromatic rings. The fraction of sp³-hybridized carbons (Fsp3) is 0. The predicted molar refractivity (Wildman–Crippen MR) is 241 cm³/mol. The van der Waals surface area contributed by atoms with E-state index in [-0.39, 0.29) is 0 Å². The van der Waals surface area contributed by atoms with Crippen molar-refractivity contribution in [3.05, 3.63) is 231 Å². The van der Waals surface area contributed by atoms with E-state index in [9.17, 15) is 0 Å². The van der Waals surface area contributed by atoms with E-state index >= 15 is 0 Å². The molecule has 4 heteroatoms. The van der Waals surface area contributed by atoms with Crippen molar-refractivity contribution in [1.82, 2.24) is 4.98 Å². The molecule has 10 rings (SSSR count). The third-order valence-electron chi connectivity index (χ3n) is 10.6. The van der Waals surface area contributed by atoms with Gasteiger partial charge >= 0.3 is 0 Å². The highest BCUT2D eigenvalue weighted by Gasteiger charge is 2.19. The summed E-state index contributed by atoms with van der Waals surface area (Å²) in [7, 11) is 0. The summed E-state index contributed by atoms with van der Waals surface area (Å²) in [6, 6.07) is 81.3. The Kier molecular flexibility index (Phi) is 8.82. The molecule has 0 amide bonds. The van der Waals surface area contributed by atoms with Crippen molar-refractivity contribution in [3.63, 3.8) is 0 Å². The van der Waals surface area contributed by atoms with Crippen LogP contribution in [0.1, 0.15) is 0 Å². The van der Waals surface area contributed by atoms with Gasteiger partial charge in [0.15, 0.2) is 0 Å². The Morgan fingerprint density at radius 2 is 0.474 bits per heavy atom. The first-order valence-electron chi connectivity index (χ1n) is 19.3. The lowest BCUT2D eigenvalue weighted by Crippen LogP contribution is -2.13. The summed E-state index contributed by atoms with van der Waals surface area (Å²) in [5.74, 6) is 0.860. The number of anilines is 9. The van der Waals surface area contributed by atoms with Gasteiger partial charge in [0.05, 0.1) is 5.52 Å². The first-order valence-corrected chi connectivity index (χ1v) is 19.3. The van der Waals surface area contributed by atoms with Gasteiger partial charge in [-0.2, -0.15) is 0 Å². The minimum atomic E-state index is 0.860. The standard InChI is InChI=1S/C53H38N4/c1-5-17-39(18-6-1)55(40-19-7-2-8-20-40)43-29-31-44(32-30-43)56(41-21-9-3-10-22-41)45-33-35-46(36-34-45)57(42-23-11-4-12-24-42)52-38-37-51-49-27-14-13-25-47(49)48-26-15-16-28-50(48)53(51)54-52/h1-38H. The van der Waals surface area contributed by atoms with Gasteiger partial charge in [-0.1, -0.05) is 121 Å². The van der Waals surface area contributed by atoms with Crippen LogP contribution < -0.4 is 14.7 Å². The van der Waals surface area contributed by atoms with Gasteiger partial charge < -0.3 is 9.80 Å². The topological polar surface area (TPSA) is 22.6 Å². The van der Waals surface area contributed by atoms with Gasteiger partial charge in [-0.3, -0.25) is 4.90 Å². The monoisotopic (exact) mass is 730 g/mol. The van der Waals surface area contributed by atoms with Gasteiger partial charge in [0.1, 0.15) is 5.82 Å². The van der Waals surface area contributed by atoms with Crippen molar-refractivity contribution < 1.29 is 0 Å². The summed E-state index contributed by atoms with van der Waals surface area (Å²) in [6.45, 7) is 0. The zero-order valence-electron chi connectivity index (χ0n) is 31.2. The van der Waals surface area contributed by atoms with Gasteiger partial charge in [-0.15, -0.1) is 0 Å². The number of nitrogens with zero attached hydrogens (tertiary/aromatic N) is 4. The van der Waals surface area contributed by atoms with Crippen LogP contribution in [-0.2, 0) is 0 Å². The molecular formula is C53H38N4. The Labute approximate surface area is 332 Å². The van der Waals surface area contributed by atoms with Gasteiger partial charge in [-0.25, -0.2) is 4.98 Å². The molecule has 1 heterocycles. The van der Waals surface area contributed by atoms with Gasteiger partial charge in [0.2, 0.25) is 0 Å². The van der Waals surface area contributed by atoms with E-state index in [4.69, 9.17) is 4.98 Å². The molecule has 0 N–H and O–H groups in total. The minimum Gasteiger partial charge on any atom is -0.311 e. The third kappa shape index (κ3) is 6.39. The van der Waals surface area contributed by atoms with E-state index in [0.717, 1.165) is 67.6 Å². The van der Waals surface area contributed by atoms with Gasteiger partial charge in [0.25, 0.3) is 0 Å². The molecule has 57 heavy (non-hydrogen) atoms. The molecule has 0 fully saturated rings. The third-order valence-corrected chi connectivity index (χ3v) is 10.6. The maximum atomic E-state index is 5.44. The normalized spacial score (nSPS) is 11.2. The predicted octanol–water partition coefficient (Wildman–Crippen LogP) is 15.0. The Bertz CT molecular complexity index is 2860. The lowest BCUT2D eigenvalue weighted by atomic mass is 9.97. The largest absolute Gasteiger partial charge is 0.311 e. The molecule has 0 saturated carbocycles. The molecule has 0 aliphatic heterocycles. The summed E-state index contributed by atoms with van der Waals surface area (Å²) in [5.41, 5.74) is 9.56. The molecule has 0 unspecified atom stereocenters. The molecule has 0 atom stereocenters. The van der Waals surface area contributed by atoms with Crippen molar-refractivity contribution in [2.24, 2.45) is 0 Å². The van der Waals surface area contributed by atoms with Crippen molar-refractivity contribution in [3.8, 4) is 0 Å². The van der Waals surface area contributed by atoms with Crippen LogP contribution in [0.4, 0.5) is 51.3 Å². The fourth-order valence-corrected chi connectivity index (χ4v) is 7.99. The molecule has 0 saturated heterocycles. The summed E-state index contributed by atoms with van der Waals surface area (Å²) in [5, 5.41) is 5.96. The summed E-state index contributed by atoms with van der Waals surface area (Å²) < 4.78 is 0. The summed E-state index contributed by atoms with van der Waals surface area (Å²) in [6.07, 6.45) is 0. The van der Waals surface area contributed by atoms with E-state index in [1.54, 1.807) is 0 Å². The van der Waals surface area contributed by atoms with Crippen LogP contribution >= 0.6 is 0 Å². The maximum Gasteiger partial charge on any atom is 0.138 e. The van der Waals surface area contributed by atoms with E-state index in [0.29, 0.717) is 0 Å². The zero-order chi connectivity index (χ0) is 38.0. The van der Waals surface area contributed by atoms with E-state index < -0.39 is 0 Å². The number of para-hydroxylation sites is 4. The molecule has 0 bridgehead atoms. The number of hydrogen-bond donors (Lipinski definition) is 0. The van der Waals surface area contributed by atoms with Crippen LogP contribution in [0.15, 0.2) is 231 Å². The first-order chi connectivity index (χ1) is 28.3. The second-order valence-corrected chi connectivity index (χ2v) is 14.0. The van der Waals surface area contributed by atoms with Crippen LogP contribution in [0.5, 0.6) is 0 Å². The molecule has 0 spiro atoms. The average molecular weight is 731 g/mol. The van der Waals surface area contributed by atoms with Crippen molar-refractivity contribution in [2.45, 2.75) is 0 Å². The highest BCUT2D eigenvalue weighted by Crippen LogP contribution is 2.42. The van der Waals surface area contributed by atoms with E-state index in [1.165, 1.54) is 16.2 Å². The number of aromatic nitrogens is 1. The van der Waals surface area contributed by atoms with Gasteiger partial charge in [-0.05, 0) is 125 Å². The molecule has 0 aliphatic carbocycles.